The van der Waals surface area contributed by atoms with Gasteiger partial charge in [0.25, 0.3) is 0 Å². The van der Waals surface area contributed by atoms with Crippen LogP contribution in [0.1, 0.15) is 51.1 Å². The Kier molecular flexibility index (Phi) is 5.05. The highest BCUT2D eigenvalue weighted by Gasteiger charge is 2.25. The van der Waals surface area contributed by atoms with E-state index in [1.54, 1.807) is 4.90 Å². The Bertz CT molecular complexity index is 432. The predicted molar refractivity (Wildman–Crippen MR) is 82.6 cm³/mol. The third-order valence-corrected chi connectivity index (χ3v) is 4.60. The van der Waals surface area contributed by atoms with Crippen molar-refractivity contribution < 1.29 is 4.79 Å². The van der Waals surface area contributed by atoms with Crippen molar-refractivity contribution in [3.63, 3.8) is 0 Å². The van der Waals surface area contributed by atoms with Crippen LogP contribution in [0.3, 0.4) is 0 Å². The van der Waals surface area contributed by atoms with Crippen molar-refractivity contribution >= 4 is 6.03 Å². The number of nitrogens with zero attached hydrogens (tertiary/aromatic N) is 1. The summed E-state index contributed by atoms with van der Waals surface area (Å²) in [5.41, 5.74) is 1.17. The molecule has 0 bridgehead atoms. The first-order chi connectivity index (χ1) is 9.59. The number of rotatable bonds is 3. The van der Waals surface area contributed by atoms with E-state index in [0.717, 1.165) is 6.42 Å². The monoisotopic (exact) mass is 274 g/mol. The van der Waals surface area contributed by atoms with Crippen LogP contribution in [0.4, 0.5) is 4.79 Å². The molecule has 3 nitrogen and oxygen atoms in total. The zero-order valence-electron chi connectivity index (χ0n) is 12.8. The maximum atomic E-state index is 12.4. The summed E-state index contributed by atoms with van der Waals surface area (Å²) >= 11 is 0. The fourth-order valence-electron chi connectivity index (χ4n) is 2.92. The van der Waals surface area contributed by atoms with Crippen LogP contribution < -0.4 is 5.32 Å². The molecule has 1 aromatic rings. The average Bonchev–Trinajstić information content (AvgIpc) is 2.49. The highest BCUT2D eigenvalue weighted by molar-refractivity contribution is 5.74. The Morgan fingerprint density at radius 3 is 2.55 bits per heavy atom. The third-order valence-electron chi connectivity index (χ3n) is 4.60. The van der Waals surface area contributed by atoms with Crippen molar-refractivity contribution in [2.45, 2.75) is 51.6 Å². The molecule has 0 spiro atoms. The van der Waals surface area contributed by atoms with Crippen LogP contribution >= 0.6 is 0 Å². The summed E-state index contributed by atoms with van der Waals surface area (Å²) in [7, 11) is 1.88. The molecule has 20 heavy (non-hydrogen) atoms. The summed E-state index contributed by atoms with van der Waals surface area (Å²) in [5, 5.41) is 3.21. The molecule has 1 N–H and O–H groups in total. The van der Waals surface area contributed by atoms with Gasteiger partial charge >= 0.3 is 6.03 Å². The standard InChI is InChI=1S/C17H26N2O/c1-13-9-7-8-12-16(13)18-17(20)19(3)14(2)15-10-5-4-6-11-15/h4-6,10-11,13-14,16H,7-9,12H2,1-3H3,(H,18,20)/t13-,14+,16+/m1/s1. The van der Waals surface area contributed by atoms with Gasteiger partial charge in [0.2, 0.25) is 0 Å². The maximum Gasteiger partial charge on any atom is 0.317 e. The first-order valence-corrected chi connectivity index (χ1v) is 7.68. The number of amides is 2. The largest absolute Gasteiger partial charge is 0.335 e. The molecule has 0 aliphatic heterocycles. The van der Waals surface area contributed by atoms with Gasteiger partial charge in [0.15, 0.2) is 0 Å². The normalized spacial score (nSPS) is 23.9. The van der Waals surface area contributed by atoms with Gasteiger partial charge in [-0.25, -0.2) is 4.79 Å². The number of carbonyl (C=O) groups excluding carboxylic acids is 1. The molecule has 2 rings (SSSR count). The second kappa shape index (κ2) is 6.78. The predicted octanol–water partition coefficient (Wildman–Crippen LogP) is 3.97. The van der Waals surface area contributed by atoms with Gasteiger partial charge in [-0.1, -0.05) is 50.1 Å². The number of nitrogens with one attached hydrogen (secondary N) is 1. The van der Waals surface area contributed by atoms with Crippen molar-refractivity contribution in [1.29, 1.82) is 0 Å². The fourth-order valence-corrected chi connectivity index (χ4v) is 2.92. The molecular weight excluding hydrogens is 248 g/mol. The van der Waals surface area contributed by atoms with Gasteiger partial charge < -0.3 is 10.2 Å². The SMILES string of the molecule is C[C@@H]1CCCC[C@@H]1NC(=O)N(C)[C@@H](C)c1ccccc1. The van der Waals surface area contributed by atoms with Crippen LogP contribution in [0.5, 0.6) is 0 Å². The molecule has 1 fully saturated rings. The molecule has 3 atom stereocenters. The van der Waals surface area contributed by atoms with Gasteiger partial charge in [0, 0.05) is 13.1 Å². The Morgan fingerprint density at radius 1 is 1.25 bits per heavy atom. The lowest BCUT2D eigenvalue weighted by atomic mass is 9.86. The molecule has 0 radical (unpaired) electrons. The minimum absolute atomic E-state index is 0.0418. The van der Waals surface area contributed by atoms with E-state index in [1.165, 1.54) is 24.8 Å². The van der Waals surface area contributed by atoms with E-state index in [9.17, 15) is 4.79 Å². The lowest BCUT2D eigenvalue weighted by Gasteiger charge is -2.33. The Morgan fingerprint density at radius 2 is 1.90 bits per heavy atom. The molecule has 0 aromatic heterocycles. The van der Waals surface area contributed by atoms with Gasteiger partial charge in [-0.05, 0) is 31.2 Å². The summed E-state index contributed by atoms with van der Waals surface area (Å²) in [6.45, 7) is 4.31. The lowest BCUT2D eigenvalue weighted by molar-refractivity contribution is 0.179. The maximum absolute atomic E-state index is 12.4. The van der Waals surface area contributed by atoms with E-state index in [-0.39, 0.29) is 12.1 Å². The van der Waals surface area contributed by atoms with E-state index in [1.807, 2.05) is 25.2 Å². The van der Waals surface area contributed by atoms with Crippen molar-refractivity contribution in [2.75, 3.05) is 7.05 Å². The first-order valence-electron chi connectivity index (χ1n) is 7.68. The van der Waals surface area contributed by atoms with Crippen LogP contribution in [0.15, 0.2) is 30.3 Å². The number of carbonyl (C=O) groups is 1. The summed E-state index contributed by atoms with van der Waals surface area (Å²) < 4.78 is 0. The van der Waals surface area contributed by atoms with Gasteiger partial charge in [-0.2, -0.15) is 0 Å². The molecular formula is C17H26N2O. The zero-order chi connectivity index (χ0) is 14.5. The molecule has 110 valence electrons. The first kappa shape index (κ1) is 14.9. The second-order valence-corrected chi connectivity index (χ2v) is 6.02. The molecule has 0 heterocycles. The quantitative estimate of drug-likeness (QED) is 0.888. The highest BCUT2D eigenvalue weighted by atomic mass is 16.2. The number of benzene rings is 1. The Labute approximate surface area is 122 Å². The van der Waals surface area contributed by atoms with Crippen LogP contribution in [-0.4, -0.2) is 24.0 Å². The van der Waals surface area contributed by atoms with Crippen molar-refractivity contribution in [3.05, 3.63) is 35.9 Å². The minimum Gasteiger partial charge on any atom is -0.335 e. The summed E-state index contributed by atoms with van der Waals surface area (Å²) in [6.07, 6.45) is 4.86. The molecule has 1 aromatic carbocycles. The third kappa shape index (κ3) is 3.53. The molecule has 1 saturated carbocycles. The fraction of sp³-hybridized carbons (Fsp3) is 0.588. The van der Waals surface area contributed by atoms with E-state index >= 15 is 0 Å². The number of hydrogen-bond donors (Lipinski definition) is 1. The second-order valence-electron chi connectivity index (χ2n) is 6.02. The minimum atomic E-state index is 0.0418. The Hall–Kier alpha value is -1.51. The molecule has 2 amide bonds. The van der Waals surface area contributed by atoms with Crippen LogP contribution in [0, 0.1) is 5.92 Å². The van der Waals surface area contributed by atoms with Crippen LogP contribution in [-0.2, 0) is 0 Å². The summed E-state index contributed by atoms with van der Waals surface area (Å²) in [4.78, 5) is 14.2. The smallest absolute Gasteiger partial charge is 0.317 e. The lowest BCUT2D eigenvalue weighted by Crippen LogP contribution is -2.47. The van der Waals surface area contributed by atoms with E-state index < -0.39 is 0 Å². The summed E-state index contributed by atoms with van der Waals surface area (Å²) in [6, 6.07) is 10.6. The molecule has 3 heteroatoms. The summed E-state index contributed by atoms with van der Waals surface area (Å²) in [5.74, 6) is 0.591. The van der Waals surface area contributed by atoms with E-state index in [0.29, 0.717) is 12.0 Å². The zero-order valence-corrected chi connectivity index (χ0v) is 12.8. The van der Waals surface area contributed by atoms with Gasteiger partial charge in [-0.15, -0.1) is 0 Å². The Balaban J connectivity index is 1.94. The number of urea groups is 1. The molecule has 0 unspecified atom stereocenters. The molecule has 1 aliphatic carbocycles. The number of hydrogen-bond acceptors (Lipinski definition) is 1. The van der Waals surface area contributed by atoms with Crippen molar-refractivity contribution in [2.24, 2.45) is 5.92 Å². The molecule has 1 aliphatic rings. The van der Waals surface area contributed by atoms with Crippen molar-refractivity contribution in [1.82, 2.24) is 10.2 Å². The van der Waals surface area contributed by atoms with Gasteiger partial charge in [0.05, 0.1) is 6.04 Å². The van der Waals surface area contributed by atoms with Crippen LogP contribution in [0.25, 0.3) is 0 Å². The van der Waals surface area contributed by atoms with Crippen molar-refractivity contribution in [3.8, 4) is 0 Å². The van der Waals surface area contributed by atoms with E-state index in [2.05, 4.69) is 31.3 Å². The highest BCUT2D eigenvalue weighted by Crippen LogP contribution is 2.24. The topological polar surface area (TPSA) is 32.3 Å². The average molecular weight is 274 g/mol. The van der Waals surface area contributed by atoms with Crippen LogP contribution in [0.2, 0.25) is 0 Å². The van der Waals surface area contributed by atoms with Gasteiger partial charge in [0.1, 0.15) is 0 Å². The van der Waals surface area contributed by atoms with E-state index in [4.69, 9.17) is 0 Å². The molecule has 0 saturated heterocycles. The van der Waals surface area contributed by atoms with Gasteiger partial charge in [-0.3, -0.25) is 0 Å².